The summed E-state index contributed by atoms with van der Waals surface area (Å²) in [5.74, 6) is 0.346. The minimum Gasteiger partial charge on any atom is -0.495 e. The molecule has 112 valence electrons. The van der Waals surface area contributed by atoms with Gasteiger partial charge in [0.05, 0.1) is 12.8 Å². The van der Waals surface area contributed by atoms with Crippen LogP contribution < -0.4 is 9.04 Å². The molecule has 0 atom stereocenters. The van der Waals surface area contributed by atoms with Crippen molar-refractivity contribution in [2.75, 3.05) is 11.4 Å². The van der Waals surface area contributed by atoms with E-state index >= 15 is 0 Å². The molecule has 0 spiro atoms. The summed E-state index contributed by atoms with van der Waals surface area (Å²) >= 11 is 0. The van der Waals surface area contributed by atoms with Crippen LogP contribution in [0.25, 0.3) is 0 Å². The van der Waals surface area contributed by atoms with Crippen molar-refractivity contribution in [2.24, 2.45) is 0 Å². The van der Waals surface area contributed by atoms with Gasteiger partial charge in [-0.15, -0.1) is 0 Å². The molecule has 0 fully saturated rings. The van der Waals surface area contributed by atoms with Crippen LogP contribution in [0.2, 0.25) is 0 Å². The predicted molar refractivity (Wildman–Crippen MR) is 84.2 cm³/mol. The second kappa shape index (κ2) is 6.18. The van der Waals surface area contributed by atoms with E-state index in [0.717, 1.165) is 0 Å². The largest absolute Gasteiger partial charge is 0.495 e. The van der Waals surface area contributed by atoms with Crippen LogP contribution in [0.1, 0.15) is 13.8 Å². The number of rotatable bonds is 5. The van der Waals surface area contributed by atoms with Gasteiger partial charge in [-0.3, -0.25) is 4.31 Å². The molecule has 0 N–H and O–H groups in total. The van der Waals surface area contributed by atoms with Crippen molar-refractivity contribution >= 4 is 15.7 Å². The molecule has 0 aromatic heterocycles. The fourth-order valence-electron chi connectivity index (χ4n) is 2.23. The fraction of sp³-hybridized carbons (Fsp3) is 0.250. The topological polar surface area (TPSA) is 46.6 Å². The Balaban J connectivity index is 2.59. The first-order valence-corrected chi connectivity index (χ1v) is 8.15. The third-order valence-electron chi connectivity index (χ3n) is 3.09. The van der Waals surface area contributed by atoms with E-state index in [1.165, 1.54) is 11.4 Å². The monoisotopic (exact) mass is 305 g/mol. The van der Waals surface area contributed by atoms with Crippen LogP contribution in [0.5, 0.6) is 5.75 Å². The van der Waals surface area contributed by atoms with Crippen LogP contribution >= 0.6 is 0 Å². The van der Waals surface area contributed by atoms with Gasteiger partial charge in [0.25, 0.3) is 10.0 Å². The van der Waals surface area contributed by atoms with Crippen LogP contribution in [-0.4, -0.2) is 21.6 Å². The first kappa shape index (κ1) is 15.4. The first-order valence-electron chi connectivity index (χ1n) is 6.71. The van der Waals surface area contributed by atoms with Gasteiger partial charge in [0.2, 0.25) is 0 Å². The summed E-state index contributed by atoms with van der Waals surface area (Å²) < 4.78 is 32.6. The molecule has 2 aromatic rings. The summed E-state index contributed by atoms with van der Waals surface area (Å²) in [7, 11) is -2.22. The van der Waals surface area contributed by atoms with Crippen molar-refractivity contribution in [1.82, 2.24) is 0 Å². The SMILES string of the molecule is COc1ccccc1S(=O)(=O)N(c1ccccc1)C(C)C. The Hall–Kier alpha value is -2.01. The van der Waals surface area contributed by atoms with Gasteiger partial charge in [-0.2, -0.15) is 0 Å². The van der Waals surface area contributed by atoms with Gasteiger partial charge in [0.15, 0.2) is 0 Å². The zero-order chi connectivity index (χ0) is 15.5. The molecular weight excluding hydrogens is 286 g/mol. The molecule has 2 aromatic carbocycles. The van der Waals surface area contributed by atoms with Gasteiger partial charge >= 0.3 is 0 Å². The number of nitrogens with zero attached hydrogens (tertiary/aromatic N) is 1. The van der Waals surface area contributed by atoms with Crippen molar-refractivity contribution in [1.29, 1.82) is 0 Å². The van der Waals surface area contributed by atoms with Gasteiger partial charge in [0, 0.05) is 6.04 Å². The quantitative estimate of drug-likeness (QED) is 0.851. The summed E-state index contributed by atoms with van der Waals surface area (Å²) in [5, 5.41) is 0. The average molecular weight is 305 g/mol. The van der Waals surface area contributed by atoms with E-state index in [0.29, 0.717) is 11.4 Å². The lowest BCUT2D eigenvalue weighted by Crippen LogP contribution is -2.37. The number of anilines is 1. The predicted octanol–water partition coefficient (Wildman–Crippen LogP) is 3.30. The number of methoxy groups -OCH3 is 1. The Morgan fingerprint density at radius 3 is 2.10 bits per heavy atom. The van der Waals surface area contributed by atoms with Crippen LogP contribution in [0.3, 0.4) is 0 Å². The Morgan fingerprint density at radius 2 is 1.52 bits per heavy atom. The molecule has 0 heterocycles. The van der Waals surface area contributed by atoms with E-state index in [2.05, 4.69) is 0 Å². The molecule has 2 rings (SSSR count). The molecule has 0 aliphatic heterocycles. The third-order valence-corrected chi connectivity index (χ3v) is 5.13. The molecule has 5 heteroatoms. The number of para-hydroxylation sites is 2. The maximum absolute atomic E-state index is 13.0. The maximum Gasteiger partial charge on any atom is 0.268 e. The maximum atomic E-state index is 13.0. The van der Waals surface area contributed by atoms with E-state index in [4.69, 9.17) is 4.74 Å². The molecular formula is C16H19NO3S. The zero-order valence-corrected chi connectivity index (χ0v) is 13.2. The fourth-order valence-corrected chi connectivity index (χ4v) is 4.05. The van der Waals surface area contributed by atoms with Crippen molar-refractivity contribution in [2.45, 2.75) is 24.8 Å². The highest BCUT2D eigenvalue weighted by molar-refractivity contribution is 7.93. The van der Waals surface area contributed by atoms with E-state index < -0.39 is 10.0 Å². The molecule has 0 radical (unpaired) electrons. The molecule has 0 saturated carbocycles. The summed E-state index contributed by atoms with van der Waals surface area (Å²) in [4.78, 5) is 0.171. The van der Waals surface area contributed by atoms with Crippen molar-refractivity contribution in [3.63, 3.8) is 0 Å². The Labute approximate surface area is 126 Å². The van der Waals surface area contributed by atoms with Crippen molar-refractivity contribution in [3.8, 4) is 5.75 Å². The van der Waals surface area contributed by atoms with Crippen LogP contribution in [-0.2, 0) is 10.0 Å². The lowest BCUT2D eigenvalue weighted by Gasteiger charge is -2.28. The van der Waals surface area contributed by atoms with E-state index in [1.54, 1.807) is 36.4 Å². The molecule has 21 heavy (non-hydrogen) atoms. The standard InChI is InChI=1S/C16H19NO3S/c1-13(2)17(14-9-5-4-6-10-14)21(18,19)16-12-8-7-11-15(16)20-3/h4-13H,1-3H3. The highest BCUT2D eigenvalue weighted by Gasteiger charge is 2.29. The Bertz CT molecular complexity index is 696. The van der Waals surface area contributed by atoms with E-state index in [-0.39, 0.29) is 10.9 Å². The van der Waals surface area contributed by atoms with Crippen LogP contribution in [0, 0.1) is 0 Å². The second-order valence-electron chi connectivity index (χ2n) is 4.88. The Kier molecular flexibility index (Phi) is 4.53. The third kappa shape index (κ3) is 3.03. The highest BCUT2D eigenvalue weighted by Crippen LogP contribution is 2.31. The smallest absolute Gasteiger partial charge is 0.268 e. The zero-order valence-electron chi connectivity index (χ0n) is 12.4. The summed E-state index contributed by atoms with van der Waals surface area (Å²) in [6, 6.07) is 15.5. The van der Waals surface area contributed by atoms with Crippen molar-refractivity contribution in [3.05, 3.63) is 54.6 Å². The normalized spacial score (nSPS) is 11.4. The van der Waals surface area contributed by atoms with Crippen LogP contribution in [0.15, 0.2) is 59.5 Å². The van der Waals surface area contributed by atoms with Gasteiger partial charge in [-0.1, -0.05) is 30.3 Å². The lowest BCUT2D eigenvalue weighted by atomic mass is 10.3. The molecule has 0 aliphatic carbocycles. The number of sulfonamides is 1. The van der Waals surface area contributed by atoms with Crippen molar-refractivity contribution < 1.29 is 13.2 Å². The summed E-state index contributed by atoms with van der Waals surface area (Å²) in [6.07, 6.45) is 0. The molecule has 0 aliphatic rings. The van der Waals surface area contributed by atoms with Gasteiger partial charge in [-0.25, -0.2) is 8.42 Å². The molecule has 0 saturated heterocycles. The van der Waals surface area contributed by atoms with Crippen LogP contribution in [0.4, 0.5) is 5.69 Å². The van der Waals surface area contributed by atoms with Gasteiger partial charge < -0.3 is 4.74 Å². The highest BCUT2D eigenvalue weighted by atomic mass is 32.2. The molecule has 0 bridgehead atoms. The number of benzene rings is 2. The van der Waals surface area contributed by atoms with E-state index in [9.17, 15) is 8.42 Å². The molecule has 4 nitrogen and oxygen atoms in total. The lowest BCUT2D eigenvalue weighted by molar-refractivity contribution is 0.402. The Morgan fingerprint density at radius 1 is 0.952 bits per heavy atom. The molecule has 0 unspecified atom stereocenters. The van der Waals surface area contributed by atoms with Gasteiger partial charge in [0.1, 0.15) is 10.6 Å². The number of hydrogen-bond acceptors (Lipinski definition) is 3. The number of ether oxygens (including phenoxy) is 1. The second-order valence-corrected chi connectivity index (χ2v) is 6.66. The summed E-state index contributed by atoms with van der Waals surface area (Å²) in [5.41, 5.74) is 0.637. The minimum atomic E-state index is -3.69. The first-order chi connectivity index (χ1) is 9.98. The van der Waals surface area contributed by atoms with E-state index in [1.807, 2.05) is 32.0 Å². The van der Waals surface area contributed by atoms with Gasteiger partial charge in [-0.05, 0) is 38.1 Å². The average Bonchev–Trinajstić information content (AvgIpc) is 2.47. The minimum absolute atomic E-state index is 0.171. The number of hydrogen-bond donors (Lipinski definition) is 0. The molecule has 0 amide bonds. The summed E-state index contributed by atoms with van der Waals surface area (Å²) in [6.45, 7) is 3.69.